The molecule has 19 heavy (non-hydrogen) atoms. The highest BCUT2D eigenvalue weighted by molar-refractivity contribution is 6.31. The summed E-state index contributed by atoms with van der Waals surface area (Å²) in [6.45, 7) is 3.46. The third kappa shape index (κ3) is 2.98. The molecule has 0 amide bonds. The third-order valence-electron chi connectivity index (χ3n) is 3.69. The van der Waals surface area contributed by atoms with Gasteiger partial charge in [-0.15, -0.1) is 0 Å². The van der Waals surface area contributed by atoms with Crippen LogP contribution in [0.3, 0.4) is 0 Å². The smallest absolute Gasteiger partial charge is 0.292 e. The average molecular weight is 284 g/mol. The summed E-state index contributed by atoms with van der Waals surface area (Å²) < 4.78 is 0. The first kappa shape index (κ1) is 14.1. The van der Waals surface area contributed by atoms with Gasteiger partial charge in [0.05, 0.1) is 4.92 Å². The Labute approximate surface area is 117 Å². The van der Waals surface area contributed by atoms with E-state index in [0.717, 1.165) is 19.4 Å². The Balaban J connectivity index is 2.39. The lowest BCUT2D eigenvalue weighted by Crippen LogP contribution is -2.46. The van der Waals surface area contributed by atoms with Gasteiger partial charge >= 0.3 is 0 Å². The SMILES string of the molecule is CC1CCN(c2cc(Cl)ccc2[N+](=O)[O-])C(CN)C1. The van der Waals surface area contributed by atoms with Crippen LogP contribution in [0.1, 0.15) is 19.8 Å². The number of piperidine rings is 1. The number of nitrogens with two attached hydrogens (primary N) is 1. The Morgan fingerprint density at radius 3 is 2.95 bits per heavy atom. The van der Waals surface area contributed by atoms with Crippen molar-refractivity contribution in [1.82, 2.24) is 0 Å². The quantitative estimate of drug-likeness (QED) is 0.684. The van der Waals surface area contributed by atoms with E-state index in [0.29, 0.717) is 23.2 Å². The molecule has 1 fully saturated rings. The zero-order chi connectivity index (χ0) is 14.0. The van der Waals surface area contributed by atoms with Crippen molar-refractivity contribution in [3.63, 3.8) is 0 Å². The molecule has 2 N–H and O–H groups in total. The average Bonchev–Trinajstić information content (AvgIpc) is 2.38. The Hall–Kier alpha value is -1.33. The number of hydrogen-bond acceptors (Lipinski definition) is 4. The highest BCUT2D eigenvalue weighted by Crippen LogP contribution is 2.35. The van der Waals surface area contributed by atoms with Gasteiger partial charge in [0.25, 0.3) is 5.69 Å². The van der Waals surface area contributed by atoms with Crippen molar-refractivity contribution in [2.45, 2.75) is 25.8 Å². The molecule has 1 saturated heterocycles. The Morgan fingerprint density at radius 2 is 2.32 bits per heavy atom. The van der Waals surface area contributed by atoms with E-state index in [9.17, 15) is 10.1 Å². The first-order valence-corrected chi connectivity index (χ1v) is 6.81. The summed E-state index contributed by atoms with van der Waals surface area (Å²) in [6, 6.07) is 4.82. The fourth-order valence-electron chi connectivity index (χ4n) is 2.67. The van der Waals surface area contributed by atoms with Gasteiger partial charge in [0, 0.05) is 30.2 Å². The molecule has 6 heteroatoms. The highest BCUT2D eigenvalue weighted by Gasteiger charge is 2.29. The molecule has 0 bridgehead atoms. The number of rotatable bonds is 3. The predicted octanol–water partition coefficient (Wildman–Crippen LogP) is 2.81. The van der Waals surface area contributed by atoms with Gasteiger partial charge in [-0.25, -0.2) is 0 Å². The van der Waals surface area contributed by atoms with Crippen LogP contribution >= 0.6 is 11.6 Å². The zero-order valence-corrected chi connectivity index (χ0v) is 11.6. The van der Waals surface area contributed by atoms with E-state index in [4.69, 9.17) is 17.3 Å². The number of hydrogen-bond donors (Lipinski definition) is 1. The fourth-order valence-corrected chi connectivity index (χ4v) is 2.84. The second kappa shape index (κ2) is 5.75. The maximum absolute atomic E-state index is 11.1. The summed E-state index contributed by atoms with van der Waals surface area (Å²) in [5, 5.41) is 11.6. The second-order valence-corrected chi connectivity index (χ2v) is 5.54. The van der Waals surface area contributed by atoms with Gasteiger partial charge in [0.1, 0.15) is 5.69 Å². The summed E-state index contributed by atoms with van der Waals surface area (Å²) in [4.78, 5) is 12.8. The van der Waals surface area contributed by atoms with Crippen LogP contribution in [0.25, 0.3) is 0 Å². The number of nitro groups is 1. The molecule has 1 aliphatic heterocycles. The summed E-state index contributed by atoms with van der Waals surface area (Å²) >= 11 is 5.98. The molecule has 5 nitrogen and oxygen atoms in total. The normalized spacial score (nSPS) is 23.4. The molecule has 0 radical (unpaired) electrons. The molecule has 1 aliphatic rings. The van der Waals surface area contributed by atoms with Crippen molar-refractivity contribution in [2.24, 2.45) is 11.7 Å². The molecule has 2 atom stereocenters. The van der Waals surface area contributed by atoms with Crippen LogP contribution in [0.15, 0.2) is 18.2 Å². The Morgan fingerprint density at radius 1 is 1.58 bits per heavy atom. The summed E-state index contributed by atoms with van der Waals surface area (Å²) in [7, 11) is 0. The summed E-state index contributed by atoms with van der Waals surface area (Å²) in [5.41, 5.74) is 6.49. The molecule has 0 spiro atoms. The van der Waals surface area contributed by atoms with Crippen LogP contribution in [0, 0.1) is 16.0 Å². The van der Waals surface area contributed by atoms with E-state index >= 15 is 0 Å². The maximum atomic E-state index is 11.1. The van der Waals surface area contributed by atoms with Crippen molar-refractivity contribution < 1.29 is 4.92 Å². The minimum Gasteiger partial charge on any atom is -0.362 e. The summed E-state index contributed by atoms with van der Waals surface area (Å²) in [5.74, 6) is 0.600. The van der Waals surface area contributed by atoms with Gasteiger partial charge in [0.2, 0.25) is 0 Å². The molecule has 1 aromatic carbocycles. The molecule has 0 saturated carbocycles. The zero-order valence-electron chi connectivity index (χ0n) is 10.9. The number of nitrogens with zero attached hydrogens (tertiary/aromatic N) is 2. The van der Waals surface area contributed by atoms with Gasteiger partial charge < -0.3 is 10.6 Å². The van der Waals surface area contributed by atoms with Gasteiger partial charge in [-0.2, -0.15) is 0 Å². The molecule has 0 aliphatic carbocycles. The van der Waals surface area contributed by atoms with E-state index in [1.807, 2.05) is 4.90 Å². The molecular weight excluding hydrogens is 266 g/mol. The topological polar surface area (TPSA) is 72.4 Å². The van der Waals surface area contributed by atoms with Crippen LogP contribution in [0.5, 0.6) is 0 Å². The van der Waals surface area contributed by atoms with Crippen molar-refractivity contribution >= 4 is 23.0 Å². The third-order valence-corrected chi connectivity index (χ3v) is 3.93. The predicted molar refractivity (Wildman–Crippen MR) is 76.7 cm³/mol. The standard InChI is InChI=1S/C13H18ClN3O2/c1-9-4-5-16(11(6-9)8-15)13-7-10(14)2-3-12(13)17(18)19/h2-3,7,9,11H,4-6,8,15H2,1H3. The number of benzene rings is 1. The van der Waals surface area contributed by atoms with Gasteiger partial charge in [-0.1, -0.05) is 18.5 Å². The molecule has 1 heterocycles. The number of nitro benzene ring substituents is 1. The number of anilines is 1. The molecule has 1 aromatic rings. The maximum Gasteiger partial charge on any atom is 0.292 e. The van der Waals surface area contributed by atoms with Gasteiger partial charge in [-0.3, -0.25) is 10.1 Å². The minimum atomic E-state index is -0.364. The van der Waals surface area contributed by atoms with Crippen LogP contribution in [0.4, 0.5) is 11.4 Å². The molecule has 2 rings (SSSR count). The van der Waals surface area contributed by atoms with Crippen LogP contribution in [-0.2, 0) is 0 Å². The van der Waals surface area contributed by atoms with Gasteiger partial charge in [-0.05, 0) is 30.9 Å². The van der Waals surface area contributed by atoms with E-state index in [2.05, 4.69) is 6.92 Å². The minimum absolute atomic E-state index is 0.0948. The van der Waals surface area contributed by atoms with Crippen LogP contribution in [-0.4, -0.2) is 24.1 Å². The van der Waals surface area contributed by atoms with E-state index < -0.39 is 0 Å². The fraction of sp³-hybridized carbons (Fsp3) is 0.538. The van der Waals surface area contributed by atoms with Crippen molar-refractivity contribution in [1.29, 1.82) is 0 Å². The largest absolute Gasteiger partial charge is 0.362 e. The number of halogens is 1. The molecule has 104 valence electrons. The first-order chi connectivity index (χ1) is 9.02. The monoisotopic (exact) mass is 283 g/mol. The van der Waals surface area contributed by atoms with Crippen molar-refractivity contribution in [2.75, 3.05) is 18.0 Å². The van der Waals surface area contributed by atoms with Gasteiger partial charge in [0.15, 0.2) is 0 Å². The lowest BCUT2D eigenvalue weighted by Gasteiger charge is -2.39. The second-order valence-electron chi connectivity index (χ2n) is 5.10. The first-order valence-electron chi connectivity index (χ1n) is 6.43. The van der Waals surface area contributed by atoms with E-state index in [-0.39, 0.29) is 16.7 Å². The van der Waals surface area contributed by atoms with Crippen molar-refractivity contribution in [3.8, 4) is 0 Å². The highest BCUT2D eigenvalue weighted by atomic mass is 35.5. The Kier molecular flexibility index (Phi) is 4.27. The Bertz CT molecular complexity index is 481. The lowest BCUT2D eigenvalue weighted by atomic mass is 9.92. The van der Waals surface area contributed by atoms with Crippen LogP contribution in [0.2, 0.25) is 5.02 Å². The molecule has 2 unspecified atom stereocenters. The summed E-state index contributed by atoms with van der Waals surface area (Å²) in [6.07, 6.45) is 1.97. The molecule has 0 aromatic heterocycles. The van der Waals surface area contributed by atoms with E-state index in [1.165, 1.54) is 6.07 Å². The molecular formula is C13H18ClN3O2. The van der Waals surface area contributed by atoms with E-state index in [1.54, 1.807) is 12.1 Å². The van der Waals surface area contributed by atoms with Crippen molar-refractivity contribution in [3.05, 3.63) is 33.3 Å². The van der Waals surface area contributed by atoms with Crippen LogP contribution < -0.4 is 10.6 Å². The lowest BCUT2D eigenvalue weighted by molar-refractivity contribution is -0.384.